The van der Waals surface area contributed by atoms with Crippen LogP contribution in [0.25, 0.3) is 0 Å². The van der Waals surface area contributed by atoms with Gasteiger partial charge in [-0.05, 0) is 30.5 Å². The molecule has 0 spiro atoms. The SMILES string of the molecule is CCC1(C(=O)O)C[C@@]1(c1ccc(F)cc1)C(F)(F)F. The zero-order valence-corrected chi connectivity index (χ0v) is 10.1. The number of alkyl halides is 3. The maximum Gasteiger partial charge on any atom is 0.399 e. The first kappa shape index (κ1) is 13.8. The Hall–Kier alpha value is -1.59. The molecule has 1 aliphatic rings. The number of halogens is 4. The maximum atomic E-state index is 13.4. The molecule has 2 rings (SSSR count). The van der Waals surface area contributed by atoms with Gasteiger partial charge in [0.05, 0.1) is 5.41 Å². The number of aliphatic carboxylic acids is 1. The highest BCUT2D eigenvalue weighted by atomic mass is 19.4. The van der Waals surface area contributed by atoms with Crippen LogP contribution in [-0.2, 0) is 10.2 Å². The van der Waals surface area contributed by atoms with Crippen LogP contribution in [0.5, 0.6) is 0 Å². The number of rotatable bonds is 3. The van der Waals surface area contributed by atoms with Gasteiger partial charge in [-0.2, -0.15) is 13.2 Å². The lowest BCUT2D eigenvalue weighted by Gasteiger charge is -2.25. The van der Waals surface area contributed by atoms with Gasteiger partial charge in [-0.15, -0.1) is 0 Å². The molecule has 2 nitrogen and oxygen atoms in total. The Bertz CT molecular complexity index is 508. The van der Waals surface area contributed by atoms with Crippen molar-refractivity contribution in [2.24, 2.45) is 5.41 Å². The average Bonchev–Trinajstić information content (AvgIpc) is 3.01. The fourth-order valence-electron chi connectivity index (χ4n) is 2.89. The highest BCUT2D eigenvalue weighted by molar-refractivity contribution is 5.83. The van der Waals surface area contributed by atoms with Gasteiger partial charge in [0.25, 0.3) is 0 Å². The number of carbonyl (C=O) groups is 1. The monoisotopic (exact) mass is 276 g/mol. The molecule has 0 bridgehead atoms. The summed E-state index contributed by atoms with van der Waals surface area (Å²) in [4.78, 5) is 11.2. The highest BCUT2D eigenvalue weighted by Crippen LogP contribution is 2.73. The summed E-state index contributed by atoms with van der Waals surface area (Å²) >= 11 is 0. The van der Waals surface area contributed by atoms with Crippen LogP contribution in [0.3, 0.4) is 0 Å². The first-order chi connectivity index (χ1) is 8.71. The van der Waals surface area contributed by atoms with Crippen LogP contribution < -0.4 is 0 Å². The van der Waals surface area contributed by atoms with Crippen LogP contribution in [0, 0.1) is 11.2 Å². The Morgan fingerprint density at radius 3 is 2.16 bits per heavy atom. The topological polar surface area (TPSA) is 37.3 Å². The van der Waals surface area contributed by atoms with Crippen LogP contribution in [0.15, 0.2) is 24.3 Å². The summed E-state index contributed by atoms with van der Waals surface area (Å²) < 4.78 is 52.9. The van der Waals surface area contributed by atoms with Gasteiger partial charge in [0.1, 0.15) is 11.2 Å². The molecule has 2 atom stereocenters. The number of carboxylic acids is 1. The third kappa shape index (κ3) is 1.65. The molecule has 0 aliphatic heterocycles. The van der Waals surface area contributed by atoms with Gasteiger partial charge in [-0.1, -0.05) is 19.1 Å². The van der Waals surface area contributed by atoms with E-state index in [-0.39, 0.29) is 12.0 Å². The van der Waals surface area contributed by atoms with Crippen LogP contribution in [-0.4, -0.2) is 17.3 Å². The van der Waals surface area contributed by atoms with E-state index in [9.17, 15) is 22.4 Å². The van der Waals surface area contributed by atoms with E-state index < -0.39 is 35.2 Å². The van der Waals surface area contributed by atoms with Crippen molar-refractivity contribution >= 4 is 5.97 Å². The Balaban J connectivity index is 2.58. The average molecular weight is 276 g/mol. The molecule has 1 aliphatic carbocycles. The first-order valence-corrected chi connectivity index (χ1v) is 5.77. The Kier molecular flexibility index (Phi) is 2.88. The molecule has 0 amide bonds. The second kappa shape index (κ2) is 3.95. The van der Waals surface area contributed by atoms with Gasteiger partial charge in [-0.25, -0.2) is 4.39 Å². The molecular weight excluding hydrogens is 264 g/mol. The summed E-state index contributed by atoms with van der Waals surface area (Å²) in [6, 6.07) is 3.87. The van der Waals surface area contributed by atoms with Crippen LogP contribution in [0.2, 0.25) is 0 Å². The summed E-state index contributed by atoms with van der Waals surface area (Å²) in [6.45, 7) is 1.42. The highest BCUT2D eigenvalue weighted by Gasteiger charge is 2.83. The normalized spacial score (nSPS) is 30.2. The third-order valence-corrected chi connectivity index (χ3v) is 4.09. The summed E-state index contributed by atoms with van der Waals surface area (Å²) in [5.41, 5.74) is -4.44. The molecule has 1 aromatic carbocycles. The molecule has 0 saturated heterocycles. The van der Waals surface area contributed by atoms with E-state index in [4.69, 9.17) is 5.11 Å². The van der Waals surface area contributed by atoms with E-state index in [1.54, 1.807) is 0 Å². The van der Waals surface area contributed by atoms with Crippen molar-refractivity contribution in [2.45, 2.75) is 31.4 Å². The van der Waals surface area contributed by atoms with Gasteiger partial charge >= 0.3 is 12.1 Å². The fourth-order valence-corrected chi connectivity index (χ4v) is 2.89. The zero-order valence-electron chi connectivity index (χ0n) is 10.1. The molecular formula is C13H12F4O2. The summed E-state index contributed by atoms with van der Waals surface area (Å²) in [6.07, 6.45) is -5.31. The first-order valence-electron chi connectivity index (χ1n) is 5.77. The van der Waals surface area contributed by atoms with E-state index in [1.807, 2.05) is 0 Å². The molecule has 1 N–H and O–H groups in total. The second-order valence-electron chi connectivity index (χ2n) is 4.83. The minimum Gasteiger partial charge on any atom is -0.481 e. The van der Waals surface area contributed by atoms with Gasteiger partial charge in [-0.3, -0.25) is 4.79 Å². The molecule has 104 valence electrons. The van der Waals surface area contributed by atoms with Crippen LogP contribution in [0.4, 0.5) is 17.6 Å². The molecule has 0 heterocycles. The van der Waals surface area contributed by atoms with E-state index in [0.717, 1.165) is 24.3 Å². The van der Waals surface area contributed by atoms with E-state index in [0.29, 0.717) is 0 Å². The number of carboxylic acid groups (broad SMARTS) is 1. The second-order valence-corrected chi connectivity index (χ2v) is 4.83. The van der Waals surface area contributed by atoms with Gasteiger partial charge in [0, 0.05) is 0 Å². The number of hydrogen-bond donors (Lipinski definition) is 1. The predicted molar refractivity (Wildman–Crippen MR) is 59.1 cm³/mol. The molecule has 6 heteroatoms. The Morgan fingerprint density at radius 2 is 1.84 bits per heavy atom. The number of hydrogen-bond acceptors (Lipinski definition) is 1. The zero-order chi connectivity index (χ0) is 14.5. The van der Waals surface area contributed by atoms with E-state index >= 15 is 0 Å². The van der Waals surface area contributed by atoms with Crippen molar-refractivity contribution in [2.75, 3.05) is 0 Å². The van der Waals surface area contributed by atoms with Crippen molar-refractivity contribution < 1.29 is 27.5 Å². The van der Waals surface area contributed by atoms with Crippen LogP contribution in [0.1, 0.15) is 25.3 Å². The van der Waals surface area contributed by atoms with Crippen molar-refractivity contribution in [3.63, 3.8) is 0 Å². The smallest absolute Gasteiger partial charge is 0.399 e. The Morgan fingerprint density at radius 1 is 1.32 bits per heavy atom. The van der Waals surface area contributed by atoms with Crippen molar-refractivity contribution in [3.05, 3.63) is 35.6 Å². The fraction of sp³-hybridized carbons (Fsp3) is 0.462. The van der Waals surface area contributed by atoms with Crippen molar-refractivity contribution in [3.8, 4) is 0 Å². The quantitative estimate of drug-likeness (QED) is 0.858. The molecule has 1 unspecified atom stereocenters. The van der Waals surface area contributed by atoms with Gasteiger partial charge in [0.2, 0.25) is 0 Å². The third-order valence-electron chi connectivity index (χ3n) is 4.09. The molecule has 0 radical (unpaired) electrons. The lowest BCUT2D eigenvalue weighted by molar-refractivity contribution is -0.179. The summed E-state index contributed by atoms with van der Waals surface area (Å²) in [5.74, 6) is -2.12. The maximum absolute atomic E-state index is 13.4. The standard InChI is InChI=1S/C13H12F4O2/c1-2-11(10(18)19)7-12(11,13(15,16)17)8-3-5-9(14)6-4-8/h3-6H,2,7H2,1H3,(H,18,19)/t11?,12-/m0/s1. The summed E-state index contributed by atoms with van der Waals surface area (Å²) in [7, 11) is 0. The molecule has 0 aromatic heterocycles. The van der Waals surface area contributed by atoms with E-state index in [1.165, 1.54) is 6.92 Å². The minimum atomic E-state index is -4.68. The van der Waals surface area contributed by atoms with E-state index in [2.05, 4.69) is 0 Å². The minimum absolute atomic E-state index is 0.126. The lowest BCUT2D eigenvalue weighted by atomic mass is 9.83. The van der Waals surface area contributed by atoms with Crippen molar-refractivity contribution in [1.82, 2.24) is 0 Å². The van der Waals surface area contributed by atoms with Crippen molar-refractivity contribution in [1.29, 1.82) is 0 Å². The Labute approximate surface area is 107 Å². The number of benzene rings is 1. The molecule has 1 fully saturated rings. The lowest BCUT2D eigenvalue weighted by Crippen LogP contribution is -2.38. The molecule has 1 saturated carbocycles. The molecule has 19 heavy (non-hydrogen) atoms. The van der Waals surface area contributed by atoms with Crippen LogP contribution >= 0.6 is 0 Å². The predicted octanol–water partition coefficient (Wildman–Crippen LogP) is 3.51. The van der Waals surface area contributed by atoms with Gasteiger partial charge in [0.15, 0.2) is 0 Å². The van der Waals surface area contributed by atoms with Gasteiger partial charge < -0.3 is 5.11 Å². The largest absolute Gasteiger partial charge is 0.481 e. The molecule has 1 aromatic rings. The summed E-state index contributed by atoms with van der Waals surface area (Å²) in [5, 5.41) is 9.14.